The number of nitrogens with zero attached hydrogens (tertiary/aromatic N) is 1. The minimum Gasteiger partial charge on any atom is -0.291 e. The van der Waals surface area contributed by atoms with Crippen molar-refractivity contribution in [2.75, 3.05) is 13.1 Å². The van der Waals surface area contributed by atoms with Gasteiger partial charge in [0.05, 0.1) is 10.4 Å². The molecule has 0 amide bonds. The molecule has 1 saturated heterocycles. The molecule has 0 aliphatic carbocycles. The Labute approximate surface area is 108 Å². The zero-order chi connectivity index (χ0) is 12.5. The lowest BCUT2D eigenvalue weighted by Gasteiger charge is -2.36. The molecule has 0 aromatic carbocycles. The minimum atomic E-state index is -0.299. The van der Waals surface area contributed by atoms with E-state index in [-0.39, 0.29) is 5.54 Å². The van der Waals surface area contributed by atoms with E-state index in [1.807, 2.05) is 18.4 Å². The molecule has 2 nitrogen and oxygen atoms in total. The quantitative estimate of drug-likeness (QED) is 0.763. The van der Waals surface area contributed by atoms with Crippen molar-refractivity contribution < 1.29 is 4.79 Å². The fourth-order valence-electron chi connectivity index (χ4n) is 2.59. The third-order valence-corrected chi connectivity index (χ3v) is 5.07. The van der Waals surface area contributed by atoms with Crippen molar-refractivity contribution in [1.82, 2.24) is 4.90 Å². The summed E-state index contributed by atoms with van der Waals surface area (Å²) in [5, 5.41) is 2.02. The zero-order valence-electron chi connectivity index (χ0n) is 11.0. The maximum Gasteiger partial charge on any atom is 0.192 e. The van der Waals surface area contributed by atoms with Crippen molar-refractivity contribution in [3.05, 3.63) is 21.9 Å². The van der Waals surface area contributed by atoms with Gasteiger partial charge in [0.25, 0.3) is 0 Å². The van der Waals surface area contributed by atoms with Crippen LogP contribution in [0.1, 0.15) is 48.3 Å². The third-order valence-electron chi connectivity index (χ3n) is 4.05. The van der Waals surface area contributed by atoms with Crippen molar-refractivity contribution in [3.8, 4) is 0 Å². The van der Waals surface area contributed by atoms with E-state index in [1.165, 1.54) is 12.8 Å². The average molecular weight is 251 g/mol. The van der Waals surface area contributed by atoms with Gasteiger partial charge in [0.1, 0.15) is 0 Å². The molecule has 1 unspecified atom stereocenters. The van der Waals surface area contributed by atoms with Crippen LogP contribution in [-0.4, -0.2) is 29.3 Å². The van der Waals surface area contributed by atoms with Gasteiger partial charge >= 0.3 is 0 Å². The number of carbonyl (C=O) groups excluding carboxylic acids is 1. The molecule has 0 spiro atoms. The summed E-state index contributed by atoms with van der Waals surface area (Å²) in [6.07, 6.45) is 3.35. The SMILES string of the molecule is CCC(C)(C(=O)c1sccc1C)N1CCCC1. The van der Waals surface area contributed by atoms with Gasteiger partial charge in [-0.3, -0.25) is 9.69 Å². The standard InChI is InChI=1S/C14H21NOS/c1-4-14(3,15-8-5-6-9-15)13(16)12-11(2)7-10-17-12/h7,10H,4-6,8-9H2,1-3H3. The number of hydrogen-bond donors (Lipinski definition) is 0. The maximum atomic E-state index is 12.7. The molecular formula is C14H21NOS. The molecule has 1 atom stereocenters. The van der Waals surface area contributed by atoms with E-state index in [2.05, 4.69) is 18.7 Å². The largest absolute Gasteiger partial charge is 0.291 e. The molecule has 1 aliphatic heterocycles. The van der Waals surface area contributed by atoms with Crippen LogP contribution in [0, 0.1) is 6.92 Å². The first-order valence-electron chi connectivity index (χ1n) is 6.43. The fourth-order valence-corrected chi connectivity index (χ4v) is 3.58. The molecule has 2 heterocycles. The summed E-state index contributed by atoms with van der Waals surface area (Å²) in [6, 6.07) is 2.04. The van der Waals surface area contributed by atoms with Crippen molar-refractivity contribution in [2.24, 2.45) is 0 Å². The normalized spacial score (nSPS) is 20.4. The Morgan fingerprint density at radius 1 is 1.47 bits per heavy atom. The van der Waals surface area contributed by atoms with Gasteiger partial charge in [-0.25, -0.2) is 0 Å². The van der Waals surface area contributed by atoms with E-state index in [1.54, 1.807) is 11.3 Å². The first-order chi connectivity index (χ1) is 8.09. The predicted octanol–water partition coefficient (Wildman–Crippen LogP) is 3.50. The van der Waals surface area contributed by atoms with Gasteiger partial charge in [0, 0.05) is 0 Å². The summed E-state index contributed by atoms with van der Waals surface area (Å²) >= 11 is 1.58. The lowest BCUT2D eigenvalue weighted by Crippen LogP contribution is -2.50. The van der Waals surface area contributed by atoms with Crippen molar-refractivity contribution in [2.45, 2.75) is 45.6 Å². The van der Waals surface area contributed by atoms with Crippen molar-refractivity contribution in [3.63, 3.8) is 0 Å². The Morgan fingerprint density at radius 2 is 2.12 bits per heavy atom. The smallest absolute Gasteiger partial charge is 0.192 e. The van der Waals surface area contributed by atoms with Gasteiger partial charge < -0.3 is 0 Å². The van der Waals surface area contributed by atoms with E-state index in [0.717, 1.165) is 30.0 Å². The summed E-state index contributed by atoms with van der Waals surface area (Å²) in [5.41, 5.74) is 0.824. The van der Waals surface area contributed by atoms with Gasteiger partial charge in [0.15, 0.2) is 5.78 Å². The number of likely N-dealkylation sites (tertiary alicyclic amines) is 1. The number of rotatable bonds is 4. The van der Waals surface area contributed by atoms with Crippen molar-refractivity contribution in [1.29, 1.82) is 0 Å². The topological polar surface area (TPSA) is 20.3 Å². The first-order valence-corrected chi connectivity index (χ1v) is 7.31. The first kappa shape index (κ1) is 12.8. The Hall–Kier alpha value is -0.670. The number of Topliss-reactive ketones (excluding diaryl/α,β-unsaturated/α-hetero) is 1. The second-order valence-corrected chi connectivity index (χ2v) is 6.00. The molecule has 0 bridgehead atoms. The van der Waals surface area contributed by atoms with E-state index in [4.69, 9.17) is 0 Å². The minimum absolute atomic E-state index is 0.299. The second-order valence-electron chi connectivity index (χ2n) is 5.08. The molecule has 17 heavy (non-hydrogen) atoms. The molecule has 1 aromatic heterocycles. The Balaban J connectivity index is 2.28. The molecule has 94 valence electrons. The number of hydrogen-bond acceptors (Lipinski definition) is 3. The van der Waals surface area contributed by atoms with E-state index in [9.17, 15) is 4.79 Å². The molecule has 0 saturated carbocycles. The highest BCUT2D eigenvalue weighted by Crippen LogP contribution is 2.31. The van der Waals surface area contributed by atoms with Gasteiger partial charge in [-0.05, 0) is 63.2 Å². The summed E-state index contributed by atoms with van der Waals surface area (Å²) in [6.45, 7) is 8.41. The molecule has 2 rings (SSSR count). The van der Waals surface area contributed by atoms with Crippen LogP contribution < -0.4 is 0 Å². The monoisotopic (exact) mass is 251 g/mol. The third kappa shape index (κ3) is 2.18. The van der Waals surface area contributed by atoms with Gasteiger partial charge in [0.2, 0.25) is 0 Å². The summed E-state index contributed by atoms with van der Waals surface area (Å²) in [7, 11) is 0. The second kappa shape index (κ2) is 4.91. The van der Waals surface area contributed by atoms with Crippen LogP contribution in [0.15, 0.2) is 11.4 Å². The fraction of sp³-hybridized carbons (Fsp3) is 0.643. The molecule has 1 aliphatic rings. The average Bonchev–Trinajstić information content (AvgIpc) is 2.97. The summed E-state index contributed by atoms with van der Waals surface area (Å²) in [4.78, 5) is 16.1. The van der Waals surface area contributed by atoms with E-state index >= 15 is 0 Å². The number of thiophene rings is 1. The van der Waals surface area contributed by atoms with Gasteiger partial charge in [-0.1, -0.05) is 6.92 Å². The zero-order valence-corrected chi connectivity index (χ0v) is 11.8. The highest BCUT2D eigenvalue weighted by molar-refractivity contribution is 7.12. The van der Waals surface area contributed by atoms with Crippen LogP contribution in [0.25, 0.3) is 0 Å². The molecular weight excluding hydrogens is 230 g/mol. The Kier molecular flexibility index (Phi) is 3.69. The lowest BCUT2D eigenvalue weighted by molar-refractivity contribution is 0.0651. The molecule has 3 heteroatoms. The summed E-state index contributed by atoms with van der Waals surface area (Å²) in [5.74, 6) is 0.314. The van der Waals surface area contributed by atoms with E-state index < -0.39 is 0 Å². The molecule has 0 N–H and O–H groups in total. The molecule has 0 radical (unpaired) electrons. The van der Waals surface area contributed by atoms with Crippen LogP contribution in [0.5, 0.6) is 0 Å². The van der Waals surface area contributed by atoms with Crippen LogP contribution in [-0.2, 0) is 0 Å². The predicted molar refractivity (Wildman–Crippen MR) is 72.9 cm³/mol. The van der Waals surface area contributed by atoms with Crippen LogP contribution in [0.2, 0.25) is 0 Å². The van der Waals surface area contributed by atoms with Gasteiger partial charge in [-0.2, -0.15) is 0 Å². The lowest BCUT2D eigenvalue weighted by atomic mass is 9.89. The Bertz CT molecular complexity index is 406. The summed E-state index contributed by atoms with van der Waals surface area (Å²) < 4.78 is 0. The van der Waals surface area contributed by atoms with Crippen LogP contribution in [0.3, 0.4) is 0 Å². The van der Waals surface area contributed by atoms with Crippen LogP contribution in [0.4, 0.5) is 0 Å². The van der Waals surface area contributed by atoms with E-state index in [0.29, 0.717) is 5.78 Å². The number of carbonyl (C=O) groups is 1. The van der Waals surface area contributed by atoms with Crippen LogP contribution >= 0.6 is 11.3 Å². The highest BCUT2D eigenvalue weighted by atomic mass is 32.1. The number of aryl methyl sites for hydroxylation is 1. The van der Waals surface area contributed by atoms with Crippen molar-refractivity contribution >= 4 is 17.1 Å². The highest BCUT2D eigenvalue weighted by Gasteiger charge is 2.40. The molecule has 1 aromatic rings. The number of ketones is 1. The molecule has 1 fully saturated rings. The van der Waals surface area contributed by atoms with Gasteiger partial charge in [-0.15, -0.1) is 11.3 Å². The Morgan fingerprint density at radius 3 is 2.59 bits per heavy atom. The maximum absolute atomic E-state index is 12.7.